The molecule has 1 N–H and O–H groups in total. The zero-order chi connectivity index (χ0) is 18.5. The van der Waals surface area contributed by atoms with Crippen molar-refractivity contribution in [3.05, 3.63) is 101 Å². The van der Waals surface area contributed by atoms with Gasteiger partial charge in [-0.2, -0.15) is 0 Å². The average Bonchev–Trinajstić information content (AvgIpc) is 2.65. The third-order valence-corrected chi connectivity index (χ3v) is 4.34. The van der Waals surface area contributed by atoms with E-state index in [1.807, 2.05) is 56.3 Å². The normalized spacial score (nSPS) is 10.4. The summed E-state index contributed by atoms with van der Waals surface area (Å²) in [5.41, 5.74) is 4.83. The van der Waals surface area contributed by atoms with Crippen molar-refractivity contribution in [3.63, 3.8) is 0 Å². The Bertz CT molecular complexity index is 945. The van der Waals surface area contributed by atoms with Crippen LogP contribution < -0.4 is 5.32 Å². The Morgan fingerprint density at radius 3 is 2.31 bits per heavy atom. The van der Waals surface area contributed by atoms with Gasteiger partial charge in [-0.3, -0.25) is 9.59 Å². The van der Waals surface area contributed by atoms with Gasteiger partial charge in [0, 0.05) is 11.1 Å². The fourth-order valence-electron chi connectivity index (χ4n) is 2.89. The van der Waals surface area contributed by atoms with E-state index in [4.69, 9.17) is 0 Å². The van der Waals surface area contributed by atoms with Gasteiger partial charge in [0.1, 0.15) is 0 Å². The van der Waals surface area contributed by atoms with Crippen LogP contribution in [0.25, 0.3) is 0 Å². The minimum absolute atomic E-state index is 0.103. The van der Waals surface area contributed by atoms with Crippen LogP contribution in [0, 0.1) is 13.8 Å². The lowest BCUT2D eigenvalue weighted by molar-refractivity contribution is -0.115. The van der Waals surface area contributed by atoms with Gasteiger partial charge in [-0.1, -0.05) is 66.2 Å². The highest BCUT2D eigenvalue weighted by Gasteiger charge is 2.15. The van der Waals surface area contributed by atoms with Gasteiger partial charge in [-0.15, -0.1) is 0 Å². The van der Waals surface area contributed by atoms with Gasteiger partial charge >= 0.3 is 0 Å². The van der Waals surface area contributed by atoms with E-state index in [9.17, 15) is 9.59 Å². The van der Waals surface area contributed by atoms with Crippen LogP contribution in [0.5, 0.6) is 0 Å². The van der Waals surface area contributed by atoms with Crippen molar-refractivity contribution in [2.45, 2.75) is 20.3 Å². The summed E-state index contributed by atoms with van der Waals surface area (Å²) >= 11 is 0. The zero-order valence-electron chi connectivity index (χ0n) is 15.0. The lowest BCUT2D eigenvalue weighted by atomic mass is 10.0. The molecule has 3 nitrogen and oxygen atoms in total. The van der Waals surface area contributed by atoms with E-state index in [1.54, 1.807) is 30.3 Å². The van der Waals surface area contributed by atoms with E-state index in [0.717, 1.165) is 16.7 Å². The molecule has 3 aromatic carbocycles. The van der Waals surface area contributed by atoms with Crippen LogP contribution in [0.1, 0.15) is 32.6 Å². The molecule has 0 bridgehead atoms. The van der Waals surface area contributed by atoms with Gasteiger partial charge in [0.2, 0.25) is 5.91 Å². The molecule has 26 heavy (non-hydrogen) atoms. The maximum Gasteiger partial charge on any atom is 0.228 e. The number of carbonyl (C=O) groups is 2. The second kappa shape index (κ2) is 7.79. The van der Waals surface area contributed by atoms with Crippen LogP contribution in [0.2, 0.25) is 0 Å². The molecule has 130 valence electrons. The van der Waals surface area contributed by atoms with Crippen LogP contribution in [0.4, 0.5) is 5.69 Å². The van der Waals surface area contributed by atoms with E-state index in [1.165, 1.54) is 0 Å². The molecule has 0 aliphatic heterocycles. The number of nitrogens with one attached hydrogen (secondary N) is 1. The van der Waals surface area contributed by atoms with E-state index in [0.29, 0.717) is 16.8 Å². The van der Waals surface area contributed by atoms with Crippen molar-refractivity contribution in [2.75, 3.05) is 5.32 Å². The van der Waals surface area contributed by atoms with Crippen LogP contribution in [-0.2, 0) is 11.2 Å². The highest BCUT2D eigenvalue weighted by Crippen LogP contribution is 2.20. The Labute approximate surface area is 153 Å². The first-order chi connectivity index (χ1) is 12.5. The molecule has 0 atom stereocenters. The summed E-state index contributed by atoms with van der Waals surface area (Å²) in [5.74, 6) is -0.236. The first kappa shape index (κ1) is 17.6. The fraction of sp³-hybridized carbons (Fsp3) is 0.130. The zero-order valence-corrected chi connectivity index (χ0v) is 15.0. The third kappa shape index (κ3) is 4.06. The largest absolute Gasteiger partial charge is 0.325 e. The molecule has 3 heteroatoms. The fourth-order valence-corrected chi connectivity index (χ4v) is 2.89. The van der Waals surface area contributed by atoms with Crippen LogP contribution in [0.15, 0.2) is 72.8 Å². The Morgan fingerprint density at radius 1 is 0.846 bits per heavy atom. The van der Waals surface area contributed by atoms with Crippen molar-refractivity contribution >= 4 is 17.4 Å². The Hall–Kier alpha value is -3.20. The lowest BCUT2D eigenvalue weighted by Crippen LogP contribution is -2.17. The van der Waals surface area contributed by atoms with E-state index < -0.39 is 0 Å². The second-order valence-electron chi connectivity index (χ2n) is 6.40. The van der Waals surface area contributed by atoms with Gasteiger partial charge < -0.3 is 5.32 Å². The first-order valence-electron chi connectivity index (χ1n) is 8.59. The molecule has 0 heterocycles. The van der Waals surface area contributed by atoms with Gasteiger partial charge in [-0.05, 0) is 37.1 Å². The Morgan fingerprint density at radius 2 is 1.54 bits per heavy atom. The number of ketones is 1. The number of aryl methyl sites for hydroxylation is 2. The van der Waals surface area contributed by atoms with Crippen molar-refractivity contribution in [3.8, 4) is 0 Å². The molecular weight excluding hydrogens is 322 g/mol. The van der Waals surface area contributed by atoms with E-state index >= 15 is 0 Å². The van der Waals surface area contributed by atoms with E-state index in [-0.39, 0.29) is 18.1 Å². The first-order valence-corrected chi connectivity index (χ1v) is 8.59. The van der Waals surface area contributed by atoms with Gasteiger partial charge in [0.05, 0.1) is 12.1 Å². The van der Waals surface area contributed by atoms with Gasteiger partial charge in [-0.25, -0.2) is 0 Å². The molecule has 3 aromatic rings. The highest BCUT2D eigenvalue weighted by molar-refractivity contribution is 6.13. The van der Waals surface area contributed by atoms with Crippen molar-refractivity contribution in [2.24, 2.45) is 0 Å². The maximum atomic E-state index is 12.8. The van der Waals surface area contributed by atoms with Gasteiger partial charge in [0.15, 0.2) is 5.78 Å². The van der Waals surface area contributed by atoms with Crippen LogP contribution in [0.3, 0.4) is 0 Å². The number of benzene rings is 3. The standard InChI is InChI=1S/C23H21NO2/c1-16-12-13-17(2)19(14-16)15-22(25)24-21-11-7-6-10-20(21)23(26)18-8-4-3-5-9-18/h3-14H,15H2,1-2H3,(H,24,25). The highest BCUT2D eigenvalue weighted by atomic mass is 16.1. The SMILES string of the molecule is Cc1ccc(C)c(CC(=O)Nc2ccccc2C(=O)c2ccccc2)c1. The van der Waals surface area contributed by atoms with Crippen LogP contribution >= 0.6 is 0 Å². The molecule has 0 unspecified atom stereocenters. The van der Waals surface area contributed by atoms with Crippen molar-refractivity contribution < 1.29 is 9.59 Å². The third-order valence-electron chi connectivity index (χ3n) is 4.34. The summed E-state index contributed by atoms with van der Waals surface area (Å²) in [6.07, 6.45) is 0.279. The molecule has 0 spiro atoms. The minimum atomic E-state index is -0.132. The molecule has 0 saturated carbocycles. The summed E-state index contributed by atoms with van der Waals surface area (Å²) in [7, 11) is 0. The quantitative estimate of drug-likeness (QED) is 0.682. The van der Waals surface area contributed by atoms with Gasteiger partial charge in [0.25, 0.3) is 0 Å². The predicted molar refractivity (Wildman–Crippen MR) is 105 cm³/mol. The van der Waals surface area contributed by atoms with Crippen molar-refractivity contribution in [1.29, 1.82) is 0 Å². The molecule has 0 aliphatic carbocycles. The number of rotatable bonds is 5. The Kier molecular flexibility index (Phi) is 5.28. The molecule has 3 rings (SSSR count). The van der Waals surface area contributed by atoms with Crippen molar-refractivity contribution in [1.82, 2.24) is 0 Å². The molecule has 0 saturated heterocycles. The number of para-hydroxylation sites is 1. The summed E-state index contributed by atoms with van der Waals surface area (Å²) < 4.78 is 0. The summed E-state index contributed by atoms with van der Waals surface area (Å²) in [6.45, 7) is 4.00. The Balaban J connectivity index is 1.81. The summed E-state index contributed by atoms with van der Waals surface area (Å²) in [6, 6.07) is 22.3. The molecule has 1 amide bonds. The number of amides is 1. The summed E-state index contributed by atoms with van der Waals surface area (Å²) in [4.78, 5) is 25.3. The second-order valence-corrected chi connectivity index (χ2v) is 6.40. The van der Waals surface area contributed by atoms with Crippen LogP contribution in [-0.4, -0.2) is 11.7 Å². The van der Waals surface area contributed by atoms with E-state index in [2.05, 4.69) is 5.32 Å². The molecule has 0 aliphatic rings. The molecule has 0 aromatic heterocycles. The number of hydrogen-bond donors (Lipinski definition) is 1. The minimum Gasteiger partial charge on any atom is -0.325 e. The summed E-state index contributed by atoms with van der Waals surface area (Å²) in [5, 5.41) is 2.90. The topological polar surface area (TPSA) is 46.2 Å². The maximum absolute atomic E-state index is 12.8. The molecular formula is C23H21NO2. The lowest BCUT2D eigenvalue weighted by Gasteiger charge is -2.12. The number of carbonyl (C=O) groups excluding carboxylic acids is 2. The number of anilines is 1. The predicted octanol–water partition coefficient (Wildman–Crippen LogP) is 4.72. The smallest absolute Gasteiger partial charge is 0.228 e. The average molecular weight is 343 g/mol. The monoisotopic (exact) mass is 343 g/mol. The molecule has 0 fully saturated rings. The number of hydrogen-bond acceptors (Lipinski definition) is 2. The molecule has 0 radical (unpaired) electrons.